The monoisotopic (exact) mass is 281 g/mol. The van der Waals surface area contributed by atoms with Gasteiger partial charge in [0.05, 0.1) is 5.69 Å². The van der Waals surface area contributed by atoms with E-state index in [1.807, 2.05) is 0 Å². The number of carbonyl (C=O) groups is 1. The Hall–Kier alpha value is -0.980. The van der Waals surface area contributed by atoms with Gasteiger partial charge in [-0.2, -0.15) is 0 Å². The van der Waals surface area contributed by atoms with Gasteiger partial charge in [-0.25, -0.2) is 4.98 Å². The third-order valence-corrected chi connectivity index (χ3v) is 4.74. The summed E-state index contributed by atoms with van der Waals surface area (Å²) in [5, 5.41) is 3.74. The zero-order valence-electron chi connectivity index (χ0n) is 11.1. The van der Waals surface area contributed by atoms with Crippen LogP contribution in [-0.2, 0) is 22.5 Å². The first kappa shape index (κ1) is 13.0. The molecule has 1 aromatic rings. The Balaban J connectivity index is 1.65. The number of hydrogen-bond donors (Lipinski definition) is 1. The molecule has 104 valence electrons. The van der Waals surface area contributed by atoms with Crippen LogP contribution in [0.2, 0.25) is 0 Å². The summed E-state index contributed by atoms with van der Waals surface area (Å²) in [5.41, 5.74) is 1.16. The van der Waals surface area contributed by atoms with E-state index in [2.05, 4.69) is 22.2 Å². The van der Waals surface area contributed by atoms with Crippen molar-refractivity contribution in [1.82, 2.24) is 9.88 Å². The van der Waals surface area contributed by atoms with Crippen molar-refractivity contribution < 1.29 is 9.53 Å². The Kier molecular flexibility index (Phi) is 3.81. The smallest absolute Gasteiger partial charge is 0.229 e. The highest BCUT2D eigenvalue weighted by Gasteiger charge is 2.24. The van der Waals surface area contributed by atoms with Gasteiger partial charge in [0.25, 0.3) is 0 Å². The van der Waals surface area contributed by atoms with E-state index in [4.69, 9.17) is 4.74 Å². The van der Waals surface area contributed by atoms with E-state index in [0.717, 1.165) is 43.2 Å². The van der Waals surface area contributed by atoms with Gasteiger partial charge in [0.15, 0.2) is 5.13 Å². The van der Waals surface area contributed by atoms with Gasteiger partial charge in [-0.15, -0.1) is 11.3 Å². The quantitative estimate of drug-likeness (QED) is 0.892. The number of rotatable bonds is 2. The summed E-state index contributed by atoms with van der Waals surface area (Å²) < 4.78 is 5.28. The Morgan fingerprint density at radius 3 is 3.05 bits per heavy atom. The number of nitrogens with one attached hydrogen (secondary N) is 1. The lowest BCUT2D eigenvalue weighted by Crippen LogP contribution is -2.28. The molecule has 3 rings (SSSR count). The van der Waals surface area contributed by atoms with Crippen LogP contribution in [0, 0.1) is 5.92 Å². The van der Waals surface area contributed by atoms with Gasteiger partial charge in [-0.1, -0.05) is 0 Å². The number of carbonyl (C=O) groups excluding carboxylic acids is 1. The molecule has 5 nitrogen and oxygen atoms in total. The predicted molar refractivity (Wildman–Crippen MR) is 74.3 cm³/mol. The normalized spacial score (nSPS) is 21.1. The summed E-state index contributed by atoms with van der Waals surface area (Å²) in [4.78, 5) is 20.3. The van der Waals surface area contributed by atoms with E-state index in [9.17, 15) is 4.79 Å². The van der Waals surface area contributed by atoms with Crippen molar-refractivity contribution in [2.24, 2.45) is 5.92 Å². The van der Waals surface area contributed by atoms with Crippen LogP contribution in [0.5, 0.6) is 0 Å². The Morgan fingerprint density at radius 2 is 2.26 bits per heavy atom. The predicted octanol–water partition coefficient (Wildman–Crippen LogP) is 1.50. The third kappa shape index (κ3) is 2.96. The molecule has 0 saturated carbocycles. The van der Waals surface area contributed by atoms with Crippen LogP contribution in [0.25, 0.3) is 0 Å². The fraction of sp³-hybridized carbons (Fsp3) is 0.692. The molecule has 0 radical (unpaired) electrons. The molecule has 0 bridgehead atoms. The minimum Gasteiger partial charge on any atom is -0.381 e. The Bertz CT molecular complexity index is 468. The molecular weight excluding hydrogens is 262 g/mol. The van der Waals surface area contributed by atoms with Gasteiger partial charge >= 0.3 is 0 Å². The average molecular weight is 281 g/mol. The van der Waals surface area contributed by atoms with Crippen molar-refractivity contribution in [3.05, 3.63) is 10.6 Å². The second-order valence-electron chi connectivity index (χ2n) is 5.25. The molecule has 0 atom stereocenters. The maximum atomic E-state index is 12.1. The second kappa shape index (κ2) is 5.56. The van der Waals surface area contributed by atoms with Crippen LogP contribution in [0.4, 0.5) is 5.13 Å². The minimum atomic E-state index is 0.0809. The van der Waals surface area contributed by atoms with Gasteiger partial charge in [0.1, 0.15) is 0 Å². The van der Waals surface area contributed by atoms with Crippen molar-refractivity contribution in [1.29, 1.82) is 0 Å². The lowest BCUT2D eigenvalue weighted by atomic mass is 10.00. The standard InChI is InChI=1S/C13H19N3O2S/c1-16-5-2-10-11(8-16)19-13(14-10)15-12(17)9-3-6-18-7-4-9/h9H,2-8H2,1H3,(H,14,15,17). The lowest BCUT2D eigenvalue weighted by molar-refractivity contribution is -0.122. The van der Waals surface area contributed by atoms with Crippen molar-refractivity contribution in [3.8, 4) is 0 Å². The first-order valence-corrected chi connectivity index (χ1v) is 7.60. The van der Waals surface area contributed by atoms with Crippen molar-refractivity contribution >= 4 is 22.4 Å². The van der Waals surface area contributed by atoms with Crippen LogP contribution in [0.15, 0.2) is 0 Å². The first-order valence-electron chi connectivity index (χ1n) is 6.78. The molecule has 2 aliphatic rings. The highest BCUT2D eigenvalue weighted by Crippen LogP contribution is 2.28. The molecule has 19 heavy (non-hydrogen) atoms. The molecule has 3 heterocycles. The maximum Gasteiger partial charge on any atom is 0.229 e. The zero-order chi connectivity index (χ0) is 13.2. The van der Waals surface area contributed by atoms with Crippen LogP contribution in [0.3, 0.4) is 0 Å². The number of aromatic nitrogens is 1. The number of hydrogen-bond acceptors (Lipinski definition) is 5. The molecule has 1 saturated heterocycles. The minimum absolute atomic E-state index is 0.0809. The molecule has 0 aliphatic carbocycles. The number of anilines is 1. The fourth-order valence-electron chi connectivity index (χ4n) is 2.54. The largest absolute Gasteiger partial charge is 0.381 e. The Morgan fingerprint density at radius 1 is 1.47 bits per heavy atom. The van der Waals surface area contributed by atoms with Crippen molar-refractivity contribution in [2.45, 2.75) is 25.8 Å². The van der Waals surface area contributed by atoms with E-state index >= 15 is 0 Å². The van der Waals surface area contributed by atoms with E-state index in [1.54, 1.807) is 11.3 Å². The number of nitrogens with zero attached hydrogens (tertiary/aromatic N) is 2. The summed E-state index contributed by atoms with van der Waals surface area (Å²) in [6.45, 7) is 3.37. The average Bonchev–Trinajstić information content (AvgIpc) is 2.81. The van der Waals surface area contributed by atoms with Crippen molar-refractivity contribution in [2.75, 3.05) is 32.1 Å². The maximum absolute atomic E-state index is 12.1. The molecule has 6 heteroatoms. The first-order chi connectivity index (χ1) is 9.22. The van der Waals surface area contributed by atoms with Gasteiger partial charge < -0.3 is 15.0 Å². The second-order valence-corrected chi connectivity index (χ2v) is 6.34. The summed E-state index contributed by atoms with van der Waals surface area (Å²) in [7, 11) is 2.11. The molecule has 1 N–H and O–H groups in total. The highest BCUT2D eigenvalue weighted by molar-refractivity contribution is 7.15. The number of ether oxygens (including phenoxy) is 1. The molecule has 0 spiro atoms. The number of fused-ring (bicyclic) bond motifs is 1. The zero-order valence-corrected chi connectivity index (χ0v) is 12.0. The lowest BCUT2D eigenvalue weighted by Gasteiger charge is -2.20. The molecule has 0 aromatic carbocycles. The summed E-state index contributed by atoms with van der Waals surface area (Å²) in [6.07, 6.45) is 2.62. The van der Waals surface area contributed by atoms with E-state index < -0.39 is 0 Å². The fourth-order valence-corrected chi connectivity index (χ4v) is 3.64. The van der Waals surface area contributed by atoms with Crippen LogP contribution < -0.4 is 5.32 Å². The van der Waals surface area contributed by atoms with E-state index in [-0.39, 0.29) is 11.8 Å². The molecule has 1 fully saturated rings. The van der Waals surface area contributed by atoms with Gasteiger partial charge in [0.2, 0.25) is 5.91 Å². The summed E-state index contributed by atoms with van der Waals surface area (Å²) >= 11 is 1.62. The molecule has 0 unspecified atom stereocenters. The molecule has 1 aromatic heterocycles. The summed E-state index contributed by atoms with van der Waals surface area (Å²) in [5.74, 6) is 0.181. The number of likely N-dealkylation sites (N-methyl/N-ethyl adjacent to an activating group) is 1. The molecular formula is C13H19N3O2S. The van der Waals surface area contributed by atoms with Gasteiger partial charge in [-0.05, 0) is 19.9 Å². The van der Waals surface area contributed by atoms with Crippen LogP contribution in [-0.4, -0.2) is 42.6 Å². The number of amides is 1. The van der Waals surface area contributed by atoms with Gasteiger partial charge in [-0.3, -0.25) is 4.79 Å². The van der Waals surface area contributed by atoms with Crippen LogP contribution >= 0.6 is 11.3 Å². The SMILES string of the molecule is CN1CCc2nc(NC(=O)C3CCOCC3)sc2C1. The Labute approximate surface area is 117 Å². The van der Waals surface area contributed by atoms with Gasteiger partial charge in [0, 0.05) is 43.5 Å². The third-order valence-electron chi connectivity index (χ3n) is 3.74. The van der Waals surface area contributed by atoms with E-state index in [0.29, 0.717) is 13.2 Å². The van der Waals surface area contributed by atoms with E-state index in [1.165, 1.54) is 4.88 Å². The van der Waals surface area contributed by atoms with Crippen molar-refractivity contribution in [3.63, 3.8) is 0 Å². The number of thiazole rings is 1. The molecule has 1 amide bonds. The highest BCUT2D eigenvalue weighted by atomic mass is 32.1. The summed E-state index contributed by atoms with van der Waals surface area (Å²) in [6, 6.07) is 0. The van der Waals surface area contributed by atoms with Crippen LogP contribution in [0.1, 0.15) is 23.4 Å². The topological polar surface area (TPSA) is 54.5 Å². The molecule has 2 aliphatic heterocycles.